The Bertz CT molecular complexity index is 1210. The van der Waals surface area contributed by atoms with Gasteiger partial charge in [-0.1, -0.05) is 36.4 Å². The summed E-state index contributed by atoms with van der Waals surface area (Å²) in [6.45, 7) is 3.55. The third-order valence-electron chi connectivity index (χ3n) is 6.14. The number of anilines is 2. The monoisotopic (exact) mass is 473 g/mol. The Hall–Kier alpha value is -3.84. The van der Waals surface area contributed by atoms with Crippen molar-refractivity contribution >= 4 is 29.0 Å². The van der Waals surface area contributed by atoms with Crippen molar-refractivity contribution in [3.8, 4) is 0 Å². The normalized spacial score (nSPS) is 16.9. The first-order valence-corrected chi connectivity index (χ1v) is 11.6. The highest BCUT2D eigenvalue weighted by molar-refractivity contribution is 6.07. The van der Waals surface area contributed by atoms with Gasteiger partial charge in [0.2, 0.25) is 5.91 Å². The van der Waals surface area contributed by atoms with Gasteiger partial charge in [-0.15, -0.1) is 0 Å². The number of Topliss-reactive ketones (excluding diaryl/α,β-unsaturated/α-hetero) is 1. The summed E-state index contributed by atoms with van der Waals surface area (Å²) >= 11 is 0. The lowest BCUT2D eigenvalue weighted by Gasteiger charge is -2.43. The first-order valence-electron chi connectivity index (χ1n) is 11.6. The first kappa shape index (κ1) is 24.3. The lowest BCUT2D eigenvalue weighted by molar-refractivity contribution is -0.118. The molecular weight excluding hydrogens is 445 g/mol. The fourth-order valence-electron chi connectivity index (χ4n) is 4.58. The quantitative estimate of drug-likeness (QED) is 0.548. The van der Waals surface area contributed by atoms with Crippen LogP contribution >= 0.6 is 0 Å². The summed E-state index contributed by atoms with van der Waals surface area (Å²) in [5.41, 5.74) is 2.71. The zero-order valence-electron chi connectivity index (χ0n) is 19.8. The molecule has 1 aliphatic heterocycles. The zero-order valence-corrected chi connectivity index (χ0v) is 19.8. The van der Waals surface area contributed by atoms with Gasteiger partial charge in [-0.25, -0.2) is 4.39 Å². The van der Waals surface area contributed by atoms with Crippen LogP contribution in [0.2, 0.25) is 0 Å². The van der Waals surface area contributed by atoms with Crippen LogP contribution in [0.3, 0.4) is 0 Å². The van der Waals surface area contributed by atoms with Gasteiger partial charge in [-0.2, -0.15) is 0 Å². The molecular formula is C28H28FN3O3. The van der Waals surface area contributed by atoms with Crippen LogP contribution in [0.1, 0.15) is 42.2 Å². The Balaban J connectivity index is 1.72. The highest BCUT2D eigenvalue weighted by Crippen LogP contribution is 2.42. The fraction of sp³-hybridized carbons (Fsp3) is 0.250. The van der Waals surface area contributed by atoms with Gasteiger partial charge in [0.05, 0.1) is 19.1 Å². The molecule has 0 saturated heterocycles. The minimum absolute atomic E-state index is 0.0136. The molecule has 6 nitrogen and oxygen atoms in total. The molecule has 0 aromatic heterocycles. The van der Waals surface area contributed by atoms with Gasteiger partial charge in [-0.05, 0) is 68.3 Å². The molecule has 35 heavy (non-hydrogen) atoms. The lowest BCUT2D eigenvalue weighted by atomic mass is 9.89. The van der Waals surface area contributed by atoms with Crippen molar-refractivity contribution in [2.24, 2.45) is 0 Å². The molecule has 0 fully saturated rings. The maximum atomic E-state index is 13.5. The van der Waals surface area contributed by atoms with E-state index in [0.29, 0.717) is 12.0 Å². The first-order chi connectivity index (χ1) is 16.9. The summed E-state index contributed by atoms with van der Waals surface area (Å²) in [4.78, 5) is 41.7. The van der Waals surface area contributed by atoms with Gasteiger partial charge >= 0.3 is 0 Å². The second-order valence-corrected chi connectivity index (χ2v) is 8.75. The third-order valence-corrected chi connectivity index (χ3v) is 6.14. The van der Waals surface area contributed by atoms with E-state index in [4.69, 9.17) is 0 Å². The van der Waals surface area contributed by atoms with Crippen molar-refractivity contribution in [3.63, 3.8) is 0 Å². The Morgan fingerprint density at radius 2 is 1.60 bits per heavy atom. The maximum absolute atomic E-state index is 13.5. The molecule has 1 heterocycles. The number of carbonyl (C=O) groups excluding carboxylic acids is 3. The molecule has 4 rings (SSSR count). The minimum Gasteiger partial charge on any atom is -0.305 e. The predicted molar refractivity (Wildman–Crippen MR) is 134 cm³/mol. The van der Waals surface area contributed by atoms with Gasteiger partial charge in [0, 0.05) is 23.0 Å². The van der Waals surface area contributed by atoms with Crippen LogP contribution in [0, 0.1) is 5.82 Å². The maximum Gasteiger partial charge on any atom is 0.258 e. The number of hydrogen-bond donors (Lipinski definition) is 1. The predicted octanol–water partition coefficient (Wildman–Crippen LogP) is 4.52. The molecule has 3 aromatic rings. The van der Waals surface area contributed by atoms with E-state index in [-0.39, 0.29) is 42.8 Å². The second kappa shape index (κ2) is 10.6. The number of amides is 2. The topological polar surface area (TPSA) is 69.7 Å². The van der Waals surface area contributed by atoms with Crippen LogP contribution in [0.25, 0.3) is 0 Å². The summed E-state index contributed by atoms with van der Waals surface area (Å²) in [5, 5.41) is 2.93. The Labute approximate surface area is 204 Å². The van der Waals surface area contributed by atoms with E-state index in [9.17, 15) is 18.8 Å². The largest absolute Gasteiger partial charge is 0.305 e. The molecule has 1 N–H and O–H groups in total. The number of carbonyl (C=O) groups is 3. The van der Waals surface area contributed by atoms with E-state index >= 15 is 0 Å². The van der Waals surface area contributed by atoms with E-state index in [2.05, 4.69) is 5.32 Å². The number of fused-ring (bicyclic) bond motifs is 1. The molecule has 2 atom stereocenters. The van der Waals surface area contributed by atoms with E-state index in [0.717, 1.165) is 16.9 Å². The van der Waals surface area contributed by atoms with E-state index < -0.39 is 5.82 Å². The average Bonchev–Trinajstić information content (AvgIpc) is 2.85. The minimum atomic E-state index is -0.399. The van der Waals surface area contributed by atoms with Gasteiger partial charge in [0.25, 0.3) is 5.91 Å². The molecule has 0 saturated carbocycles. The second-order valence-electron chi connectivity index (χ2n) is 8.75. The molecule has 0 bridgehead atoms. The van der Waals surface area contributed by atoms with Crippen molar-refractivity contribution < 1.29 is 18.8 Å². The van der Waals surface area contributed by atoms with E-state index in [1.54, 1.807) is 9.80 Å². The van der Waals surface area contributed by atoms with Crippen LogP contribution in [0.15, 0.2) is 78.9 Å². The summed E-state index contributed by atoms with van der Waals surface area (Å²) in [5.74, 6) is -0.827. The average molecular weight is 474 g/mol. The summed E-state index contributed by atoms with van der Waals surface area (Å²) in [6.07, 6.45) is 0.511. The van der Waals surface area contributed by atoms with Crippen molar-refractivity contribution in [2.45, 2.75) is 32.4 Å². The summed E-state index contributed by atoms with van der Waals surface area (Å²) in [7, 11) is 0. The van der Waals surface area contributed by atoms with Crippen LogP contribution in [-0.2, 0) is 9.59 Å². The molecule has 0 unspecified atom stereocenters. The van der Waals surface area contributed by atoms with Crippen LogP contribution in [-0.4, -0.2) is 36.7 Å². The smallest absolute Gasteiger partial charge is 0.258 e. The van der Waals surface area contributed by atoms with Crippen molar-refractivity contribution in [1.82, 2.24) is 5.32 Å². The number of hydrogen-bond acceptors (Lipinski definition) is 4. The fourth-order valence-corrected chi connectivity index (χ4v) is 4.58. The van der Waals surface area contributed by atoms with Gasteiger partial charge in [0.15, 0.2) is 0 Å². The number of rotatable bonds is 7. The standard InChI is InChI=1S/C28H28FN3O3/c1-19-16-26(32(23-8-4-3-5-9-23)27(34)18-30-17-20(2)33)24-10-6-7-11-25(24)31(19)28(35)21-12-14-22(29)15-13-21/h3-15,19,26,30H,16-18H2,1-2H3/t19-,26+/m0/s1. The number of nitrogens with one attached hydrogen (secondary N) is 1. The number of benzene rings is 3. The lowest BCUT2D eigenvalue weighted by Crippen LogP contribution is -2.49. The highest BCUT2D eigenvalue weighted by atomic mass is 19.1. The molecule has 2 amide bonds. The van der Waals surface area contributed by atoms with E-state index in [1.165, 1.54) is 31.2 Å². The summed E-state index contributed by atoms with van der Waals surface area (Å²) < 4.78 is 13.4. The van der Waals surface area contributed by atoms with Crippen LogP contribution < -0.4 is 15.1 Å². The number of ketones is 1. The highest BCUT2D eigenvalue weighted by Gasteiger charge is 2.38. The SMILES string of the molecule is CC(=O)CNCC(=O)N(c1ccccc1)[C@@H]1C[C@H](C)N(C(=O)c2ccc(F)cc2)c2ccccc21. The van der Waals surface area contributed by atoms with Crippen molar-refractivity contribution in [2.75, 3.05) is 22.9 Å². The number of para-hydroxylation sites is 2. The Morgan fingerprint density at radius 1 is 0.943 bits per heavy atom. The van der Waals surface area contributed by atoms with Crippen molar-refractivity contribution in [1.29, 1.82) is 0 Å². The van der Waals surface area contributed by atoms with Gasteiger partial charge < -0.3 is 15.1 Å². The molecule has 0 radical (unpaired) electrons. The molecule has 0 aliphatic carbocycles. The zero-order chi connectivity index (χ0) is 24.9. The Morgan fingerprint density at radius 3 is 2.29 bits per heavy atom. The Kier molecular flexibility index (Phi) is 7.36. The van der Waals surface area contributed by atoms with E-state index in [1.807, 2.05) is 61.5 Å². The molecule has 3 aromatic carbocycles. The van der Waals surface area contributed by atoms with Crippen molar-refractivity contribution in [3.05, 3.63) is 95.8 Å². The van der Waals surface area contributed by atoms with Crippen LogP contribution in [0.5, 0.6) is 0 Å². The molecule has 7 heteroatoms. The summed E-state index contributed by atoms with van der Waals surface area (Å²) in [6, 6.07) is 22.0. The number of nitrogens with zero attached hydrogens (tertiary/aromatic N) is 2. The molecule has 0 spiro atoms. The molecule has 180 valence electrons. The van der Waals surface area contributed by atoms with Gasteiger partial charge in [0.1, 0.15) is 11.6 Å². The van der Waals surface area contributed by atoms with Crippen LogP contribution in [0.4, 0.5) is 15.8 Å². The third kappa shape index (κ3) is 5.30. The number of halogens is 1. The molecule has 1 aliphatic rings. The van der Waals surface area contributed by atoms with Gasteiger partial charge in [-0.3, -0.25) is 14.4 Å².